The Labute approximate surface area is 179 Å². The molecule has 2 aromatic carbocycles. The Hall–Kier alpha value is -3.81. The van der Waals surface area contributed by atoms with E-state index < -0.39 is 11.1 Å². The second-order valence-corrected chi connectivity index (χ2v) is 6.90. The van der Waals surface area contributed by atoms with Gasteiger partial charge >= 0.3 is 11.1 Å². The Bertz CT molecular complexity index is 1150. The van der Waals surface area contributed by atoms with Crippen LogP contribution in [-0.4, -0.2) is 28.8 Å². The maximum Gasteiger partial charge on any atom is 0.320 e. The molecule has 31 heavy (non-hydrogen) atoms. The van der Waals surface area contributed by atoms with Gasteiger partial charge in [0, 0.05) is 18.1 Å². The molecule has 1 amide bonds. The van der Waals surface area contributed by atoms with Crippen LogP contribution >= 0.6 is 0 Å². The minimum Gasteiger partial charge on any atom is -0.497 e. The maximum absolute atomic E-state index is 12.5. The van der Waals surface area contributed by atoms with Crippen molar-refractivity contribution in [2.24, 2.45) is 0 Å². The monoisotopic (exact) mass is 423 g/mol. The molecule has 0 saturated carbocycles. The fraction of sp³-hybridized carbons (Fsp3) is 0.261. The summed E-state index contributed by atoms with van der Waals surface area (Å²) >= 11 is 0. The van der Waals surface area contributed by atoms with E-state index in [0.29, 0.717) is 18.0 Å². The Morgan fingerprint density at radius 2 is 1.61 bits per heavy atom. The Morgan fingerprint density at radius 3 is 2.23 bits per heavy atom. The molecule has 3 aromatic rings. The number of ether oxygens (including phenoxy) is 2. The molecule has 0 unspecified atom stereocenters. The molecule has 0 radical (unpaired) electrons. The van der Waals surface area contributed by atoms with Gasteiger partial charge < -0.3 is 14.8 Å². The highest BCUT2D eigenvalue weighted by molar-refractivity contribution is 5.76. The molecule has 0 fully saturated rings. The van der Waals surface area contributed by atoms with E-state index in [-0.39, 0.29) is 18.5 Å². The lowest BCUT2D eigenvalue weighted by atomic mass is 10.1. The van der Waals surface area contributed by atoms with Gasteiger partial charge in [-0.05, 0) is 55.8 Å². The quantitative estimate of drug-likeness (QED) is 0.562. The van der Waals surface area contributed by atoms with Crippen LogP contribution in [0.15, 0.2) is 70.5 Å². The van der Waals surface area contributed by atoms with Gasteiger partial charge in [0.15, 0.2) is 0 Å². The zero-order valence-corrected chi connectivity index (χ0v) is 17.7. The van der Waals surface area contributed by atoms with Crippen LogP contribution in [0.2, 0.25) is 0 Å². The Morgan fingerprint density at radius 1 is 0.968 bits per heavy atom. The van der Waals surface area contributed by atoms with Crippen LogP contribution in [0.3, 0.4) is 0 Å². The smallest absolute Gasteiger partial charge is 0.320 e. The number of aromatic nitrogens is 2. The Balaban J connectivity index is 1.71. The van der Waals surface area contributed by atoms with Crippen molar-refractivity contribution in [1.82, 2.24) is 14.5 Å². The zero-order chi connectivity index (χ0) is 22.4. The molecular weight excluding hydrogens is 398 g/mol. The maximum atomic E-state index is 12.5. The first-order valence-corrected chi connectivity index (χ1v) is 9.91. The van der Waals surface area contributed by atoms with Gasteiger partial charge in [0.2, 0.25) is 5.91 Å². The molecule has 3 rings (SSSR count). The molecule has 1 N–H and O–H groups in total. The predicted molar refractivity (Wildman–Crippen MR) is 117 cm³/mol. The molecule has 0 aliphatic heterocycles. The third kappa shape index (κ3) is 5.22. The molecular formula is C23H25N3O5. The molecule has 1 aromatic heterocycles. The Kier molecular flexibility index (Phi) is 6.92. The van der Waals surface area contributed by atoms with Crippen molar-refractivity contribution in [1.29, 1.82) is 0 Å². The molecule has 0 aliphatic carbocycles. The number of carbonyl (C=O) groups excluding carboxylic acids is 1. The SMILES string of the molecule is CCOc1ccc(-n2ccn(CC(=O)N[C@@H](C)c3ccc(OC)cc3)c(=O)c2=O)cc1. The van der Waals surface area contributed by atoms with Gasteiger partial charge in [0.05, 0.1) is 19.8 Å². The predicted octanol–water partition coefficient (Wildman–Crippen LogP) is 2.28. The molecule has 1 atom stereocenters. The molecule has 0 spiro atoms. The average molecular weight is 423 g/mol. The normalized spacial score (nSPS) is 11.6. The minimum atomic E-state index is -0.774. The highest BCUT2D eigenvalue weighted by Gasteiger charge is 2.13. The summed E-state index contributed by atoms with van der Waals surface area (Å²) in [6.45, 7) is 4.01. The third-order valence-electron chi connectivity index (χ3n) is 4.79. The van der Waals surface area contributed by atoms with Crippen molar-refractivity contribution >= 4 is 5.91 Å². The minimum absolute atomic E-state index is 0.251. The van der Waals surface area contributed by atoms with Crippen molar-refractivity contribution in [3.8, 4) is 17.2 Å². The first kappa shape index (κ1) is 21.9. The highest BCUT2D eigenvalue weighted by atomic mass is 16.5. The lowest BCUT2D eigenvalue weighted by Gasteiger charge is -2.15. The number of rotatable bonds is 8. The summed E-state index contributed by atoms with van der Waals surface area (Å²) in [5, 5.41) is 2.83. The van der Waals surface area contributed by atoms with Gasteiger partial charge in [-0.25, -0.2) is 0 Å². The second kappa shape index (κ2) is 9.80. The molecule has 0 aliphatic rings. The topological polar surface area (TPSA) is 91.6 Å². The second-order valence-electron chi connectivity index (χ2n) is 6.90. The largest absolute Gasteiger partial charge is 0.497 e. The zero-order valence-electron chi connectivity index (χ0n) is 17.7. The number of hydrogen-bond donors (Lipinski definition) is 1. The average Bonchev–Trinajstić information content (AvgIpc) is 2.78. The summed E-state index contributed by atoms with van der Waals surface area (Å²) < 4.78 is 12.9. The van der Waals surface area contributed by atoms with Crippen molar-refractivity contribution in [3.05, 3.63) is 87.2 Å². The van der Waals surface area contributed by atoms with E-state index in [9.17, 15) is 14.4 Å². The van der Waals surface area contributed by atoms with E-state index in [1.807, 2.05) is 38.1 Å². The van der Waals surface area contributed by atoms with Crippen molar-refractivity contribution in [2.45, 2.75) is 26.4 Å². The van der Waals surface area contributed by atoms with Crippen molar-refractivity contribution < 1.29 is 14.3 Å². The van der Waals surface area contributed by atoms with Crippen molar-refractivity contribution in [2.75, 3.05) is 13.7 Å². The molecule has 1 heterocycles. The lowest BCUT2D eigenvalue weighted by molar-refractivity contribution is -0.122. The van der Waals surface area contributed by atoms with E-state index in [1.165, 1.54) is 17.0 Å². The van der Waals surface area contributed by atoms with Crippen LogP contribution in [-0.2, 0) is 11.3 Å². The summed E-state index contributed by atoms with van der Waals surface area (Å²) in [5.41, 5.74) is -0.0750. The van der Waals surface area contributed by atoms with Gasteiger partial charge in [0.25, 0.3) is 0 Å². The number of carbonyl (C=O) groups is 1. The van der Waals surface area contributed by atoms with Gasteiger partial charge in [-0.1, -0.05) is 12.1 Å². The van der Waals surface area contributed by atoms with E-state index >= 15 is 0 Å². The third-order valence-corrected chi connectivity index (χ3v) is 4.79. The van der Waals surface area contributed by atoms with Crippen LogP contribution < -0.4 is 25.9 Å². The number of nitrogens with zero attached hydrogens (tertiary/aromatic N) is 2. The number of benzene rings is 2. The van der Waals surface area contributed by atoms with Crippen LogP contribution in [0, 0.1) is 0 Å². The molecule has 8 heteroatoms. The number of hydrogen-bond acceptors (Lipinski definition) is 5. The lowest BCUT2D eigenvalue weighted by Crippen LogP contribution is -2.42. The van der Waals surface area contributed by atoms with Gasteiger partial charge in [-0.2, -0.15) is 0 Å². The fourth-order valence-corrected chi connectivity index (χ4v) is 3.12. The standard InChI is InChI=1S/C23H25N3O5/c1-4-31-20-11-7-18(8-12-20)26-14-13-25(22(28)23(26)29)15-21(27)24-16(2)17-5-9-19(30-3)10-6-17/h5-14,16H,4,15H2,1-3H3,(H,24,27)/t16-/m0/s1. The summed E-state index contributed by atoms with van der Waals surface area (Å²) in [4.78, 5) is 37.5. The van der Waals surface area contributed by atoms with E-state index in [0.717, 1.165) is 15.9 Å². The highest BCUT2D eigenvalue weighted by Crippen LogP contribution is 2.17. The van der Waals surface area contributed by atoms with Crippen LogP contribution in [0.5, 0.6) is 11.5 Å². The summed E-state index contributed by atoms with van der Waals surface area (Å²) in [5.74, 6) is 1.03. The van der Waals surface area contributed by atoms with E-state index in [2.05, 4.69) is 5.32 Å². The van der Waals surface area contributed by atoms with Gasteiger partial charge in [0.1, 0.15) is 18.0 Å². The molecule has 0 saturated heterocycles. The van der Waals surface area contributed by atoms with Crippen LogP contribution in [0.1, 0.15) is 25.5 Å². The molecule has 8 nitrogen and oxygen atoms in total. The number of nitrogens with one attached hydrogen (secondary N) is 1. The first-order valence-electron chi connectivity index (χ1n) is 9.91. The van der Waals surface area contributed by atoms with E-state index in [4.69, 9.17) is 9.47 Å². The van der Waals surface area contributed by atoms with Crippen molar-refractivity contribution in [3.63, 3.8) is 0 Å². The molecule has 162 valence electrons. The molecule has 0 bridgehead atoms. The van der Waals surface area contributed by atoms with Crippen LogP contribution in [0.4, 0.5) is 0 Å². The first-order chi connectivity index (χ1) is 14.9. The fourth-order valence-electron chi connectivity index (χ4n) is 3.12. The van der Waals surface area contributed by atoms with Gasteiger partial charge in [-0.3, -0.25) is 23.5 Å². The van der Waals surface area contributed by atoms with Gasteiger partial charge in [-0.15, -0.1) is 0 Å². The van der Waals surface area contributed by atoms with E-state index in [1.54, 1.807) is 31.4 Å². The summed E-state index contributed by atoms with van der Waals surface area (Å²) in [7, 11) is 1.59. The summed E-state index contributed by atoms with van der Waals surface area (Å²) in [6.07, 6.45) is 2.90. The summed E-state index contributed by atoms with van der Waals surface area (Å²) in [6, 6.07) is 13.9. The van der Waals surface area contributed by atoms with Crippen LogP contribution in [0.25, 0.3) is 5.69 Å². The number of amides is 1. The number of methoxy groups -OCH3 is 1.